The van der Waals surface area contributed by atoms with Crippen molar-refractivity contribution in [3.8, 4) is 17.2 Å². The summed E-state index contributed by atoms with van der Waals surface area (Å²) in [4.78, 5) is 23.7. The number of nitrogens with zero attached hydrogens (tertiary/aromatic N) is 2. The summed E-state index contributed by atoms with van der Waals surface area (Å²) >= 11 is 0. The molecule has 0 radical (unpaired) electrons. The second-order valence-corrected chi connectivity index (χ2v) is 9.18. The Labute approximate surface area is 209 Å². The number of hydrogen-bond acceptors (Lipinski definition) is 8. The van der Waals surface area contributed by atoms with Crippen LogP contribution in [0.2, 0.25) is 0 Å². The van der Waals surface area contributed by atoms with Crippen LogP contribution in [0.3, 0.4) is 0 Å². The average molecular weight is 512 g/mol. The number of carbonyl (C=O) groups excluding carboxylic acids is 2. The average Bonchev–Trinajstić information content (AvgIpc) is 2.88. The van der Waals surface area contributed by atoms with Gasteiger partial charge in [-0.2, -0.15) is 5.10 Å². The van der Waals surface area contributed by atoms with E-state index in [4.69, 9.17) is 14.2 Å². The van der Waals surface area contributed by atoms with Gasteiger partial charge in [0, 0.05) is 13.0 Å². The lowest BCUT2D eigenvalue weighted by molar-refractivity contribution is -0.131. The van der Waals surface area contributed by atoms with Crippen molar-refractivity contribution in [1.82, 2.24) is 5.43 Å². The van der Waals surface area contributed by atoms with Gasteiger partial charge in [0.2, 0.25) is 0 Å². The SMILES string of the molecule is COc1ccc(N(CC(=O)N/N=C\c2ccc(OC(C)=O)cc2)S(=O)(=O)c2ccccc2)cc1OC. The number of nitrogens with one attached hydrogen (secondary N) is 1. The van der Waals surface area contributed by atoms with Crippen molar-refractivity contribution in [3.63, 3.8) is 0 Å². The molecule has 3 rings (SSSR count). The zero-order valence-electron chi connectivity index (χ0n) is 19.9. The fraction of sp³-hybridized carbons (Fsp3) is 0.160. The molecule has 11 heteroatoms. The zero-order chi connectivity index (χ0) is 26.1. The van der Waals surface area contributed by atoms with Gasteiger partial charge in [-0.25, -0.2) is 13.8 Å². The fourth-order valence-electron chi connectivity index (χ4n) is 3.15. The van der Waals surface area contributed by atoms with Gasteiger partial charge in [0.05, 0.1) is 31.0 Å². The normalized spacial score (nSPS) is 11.1. The number of benzene rings is 3. The predicted octanol–water partition coefficient (Wildman–Crippen LogP) is 2.97. The third-order valence-corrected chi connectivity index (χ3v) is 6.61. The third kappa shape index (κ3) is 6.60. The van der Waals surface area contributed by atoms with E-state index < -0.39 is 28.4 Å². The standard InChI is InChI=1S/C25H25N3O7S/c1-18(29)35-21-12-9-19(10-13-21)16-26-27-25(30)17-28(36(31,32)22-7-5-4-6-8-22)20-11-14-23(33-2)24(15-20)34-3/h4-16H,17H2,1-3H3,(H,27,30)/b26-16-. The molecular weight excluding hydrogens is 486 g/mol. The highest BCUT2D eigenvalue weighted by Crippen LogP contribution is 2.33. The van der Waals surface area contributed by atoms with E-state index in [0.29, 0.717) is 22.8 Å². The first-order chi connectivity index (χ1) is 17.2. The van der Waals surface area contributed by atoms with Crippen LogP contribution < -0.4 is 23.9 Å². The van der Waals surface area contributed by atoms with Gasteiger partial charge in [0.1, 0.15) is 12.3 Å². The molecule has 1 amide bonds. The molecule has 1 N–H and O–H groups in total. The van der Waals surface area contributed by atoms with Crippen LogP contribution in [0, 0.1) is 0 Å². The van der Waals surface area contributed by atoms with Crippen LogP contribution in [0.1, 0.15) is 12.5 Å². The van der Waals surface area contributed by atoms with Crippen molar-refractivity contribution < 1.29 is 32.2 Å². The van der Waals surface area contributed by atoms with Crippen molar-refractivity contribution in [1.29, 1.82) is 0 Å². The monoisotopic (exact) mass is 511 g/mol. The minimum Gasteiger partial charge on any atom is -0.493 e. The summed E-state index contributed by atoms with van der Waals surface area (Å²) in [6.45, 7) is 0.754. The Morgan fingerprint density at radius 1 is 0.944 bits per heavy atom. The molecule has 36 heavy (non-hydrogen) atoms. The van der Waals surface area contributed by atoms with Crippen molar-refractivity contribution in [2.24, 2.45) is 5.10 Å². The van der Waals surface area contributed by atoms with Gasteiger partial charge in [-0.15, -0.1) is 0 Å². The van der Waals surface area contributed by atoms with E-state index in [0.717, 1.165) is 4.31 Å². The molecule has 0 atom stereocenters. The topological polar surface area (TPSA) is 124 Å². The molecule has 188 valence electrons. The molecule has 0 saturated heterocycles. The van der Waals surface area contributed by atoms with Crippen molar-refractivity contribution >= 4 is 33.8 Å². The summed E-state index contributed by atoms with van der Waals surface area (Å²) in [5, 5.41) is 3.90. The predicted molar refractivity (Wildman–Crippen MR) is 134 cm³/mol. The second-order valence-electron chi connectivity index (χ2n) is 7.32. The van der Waals surface area contributed by atoms with Crippen LogP contribution >= 0.6 is 0 Å². The maximum Gasteiger partial charge on any atom is 0.308 e. The van der Waals surface area contributed by atoms with Crippen LogP contribution in [0.4, 0.5) is 5.69 Å². The lowest BCUT2D eigenvalue weighted by Gasteiger charge is -2.24. The molecule has 0 aliphatic carbocycles. The Kier molecular flexibility index (Phi) is 8.63. The van der Waals surface area contributed by atoms with E-state index >= 15 is 0 Å². The molecule has 3 aromatic carbocycles. The molecule has 0 saturated carbocycles. The molecule has 0 unspecified atom stereocenters. The van der Waals surface area contributed by atoms with Gasteiger partial charge in [-0.05, 0) is 54.1 Å². The van der Waals surface area contributed by atoms with E-state index in [1.807, 2.05) is 0 Å². The summed E-state index contributed by atoms with van der Waals surface area (Å²) in [7, 11) is -1.21. The number of amides is 1. The van der Waals surface area contributed by atoms with Gasteiger partial charge in [0.15, 0.2) is 11.5 Å². The second kappa shape index (κ2) is 11.8. The summed E-state index contributed by atoms with van der Waals surface area (Å²) in [5.41, 5.74) is 3.17. The van der Waals surface area contributed by atoms with Crippen molar-refractivity contribution in [2.45, 2.75) is 11.8 Å². The van der Waals surface area contributed by atoms with E-state index in [1.165, 1.54) is 51.6 Å². The molecule has 0 aliphatic rings. The maximum atomic E-state index is 13.4. The third-order valence-electron chi connectivity index (χ3n) is 4.82. The van der Waals surface area contributed by atoms with E-state index in [9.17, 15) is 18.0 Å². The fourth-order valence-corrected chi connectivity index (χ4v) is 4.58. The number of ether oxygens (including phenoxy) is 3. The van der Waals surface area contributed by atoms with E-state index in [2.05, 4.69) is 10.5 Å². The molecule has 0 bridgehead atoms. The molecule has 10 nitrogen and oxygen atoms in total. The minimum atomic E-state index is -4.10. The van der Waals surface area contributed by atoms with E-state index in [-0.39, 0.29) is 10.6 Å². The van der Waals surface area contributed by atoms with Crippen LogP contribution in [0.15, 0.2) is 82.8 Å². The number of sulfonamides is 1. The first kappa shape index (κ1) is 26.2. The van der Waals surface area contributed by atoms with Gasteiger partial charge < -0.3 is 14.2 Å². The Hall–Kier alpha value is -4.38. The number of rotatable bonds is 10. The molecule has 0 spiro atoms. The zero-order valence-corrected chi connectivity index (χ0v) is 20.7. The van der Waals surface area contributed by atoms with Crippen LogP contribution in [-0.2, 0) is 19.6 Å². The smallest absolute Gasteiger partial charge is 0.308 e. The number of carbonyl (C=O) groups is 2. The number of esters is 1. The lowest BCUT2D eigenvalue weighted by Crippen LogP contribution is -2.39. The van der Waals surface area contributed by atoms with Crippen LogP contribution in [0.5, 0.6) is 17.2 Å². The number of anilines is 1. The molecule has 0 heterocycles. The maximum absolute atomic E-state index is 13.4. The first-order valence-corrected chi connectivity index (χ1v) is 12.1. The molecule has 0 aromatic heterocycles. The number of hydrogen-bond donors (Lipinski definition) is 1. The molecular formula is C25H25N3O7S. The lowest BCUT2D eigenvalue weighted by atomic mass is 10.2. The molecule has 0 fully saturated rings. The largest absolute Gasteiger partial charge is 0.493 e. The summed E-state index contributed by atoms with van der Waals surface area (Å²) < 4.78 is 43.3. The summed E-state index contributed by atoms with van der Waals surface area (Å²) in [5.74, 6) is -0.0171. The Morgan fingerprint density at radius 3 is 2.22 bits per heavy atom. The van der Waals surface area contributed by atoms with Gasteiger partial charge in [0.25, 0.3) is 15.9 Å². The quantitative estimate of drug-likeness (QED) is 0.192. The summed E-state index contributed by atoms with van der Waals surface area (Å²) in [6.07, 6.45) is 1.38. The highest BCUT2D eigenvalue weighted by atomic mass is 32.2. The van der Waals surface area contributed by atoms with Crippen LogP contribution in [0.25, 0.3) is 0 Å². The van der Waals surface area contributed by atoms with Gasteiger partial charge in [-0.1, -0.05) is 18.2 Å². The number of hydrazone groups is 1. The Morgan fingerprint density at radius 2 is 1.61 bits per heavy atom. The van der Waals surface area contributed by atoms with Crippen LogP contribution in [-0.4, -0.2) is 47.3 Å². The van der Waals surface area contributed by atoms with Gasteiger partial charge in [-0.3, -0.25) is 13.9 Å². The van der Waals surface area contributed by atoms with Crippen molar-refractivity contribution in [2.75, 3.05) is 25.1 Å². The molecule has 0 aliphatic heterocycles. The highest BCUT2D eigenvalue weighted by Gasteiger charge is 2.28. The Balaban J connectivity index is 1.82. The van der Waals surface area contributed by atoms with Gasteiger partial charge >= 0.3 is 5.97 Å². The number of methoxy groups -OCH3 is 2. The van der Waals surface area contributed by atoms with E-state index in [1.54, 1.807) is 48.5 Å². The summed E-state index contributed by atoms with van der Waals surface area (Å²) in [6, 6.07) is 18.8. The minimum absolute atomic E-state index is 0.0176. The first-order valence-electron chi connectivity index (χ1n) is 10.6. The molecule has 3 aromatic rings. The Bertz CT molecular complexity index is 1340. The highest BCUT2D eigenvalue weighted by molar-refractivity contribution is 7.92. The van der Waals surface area contributed by atoms with Crippen molar-refractivity contribution in [3.05, 3.63) is 78.4 Å².